The monoisotopic (exact) mass is 483 g/mol. The van der Waals surface area contributed by atoms with E-state index < -0.39 is 35.1 Å². The van der Waals surface area contributed by atoms with Crippen LogP contribution in [0.5, 0.6) is 0 Å². The van der Waals surface area contributed by atoms with Gasteiger partial charge in [-0.25, -0.2) is 4.79 Å². The van der Waals surface area contributed by atoms with Crippen molar-refractivity contribution in [3.05, 3.63) is 77.6 Å². The molecular formula is C24H20F3N5O3. The van der Waals surface area contributed by atoms with Gasteiger partial charge in [0.2, 0.25) is 0 Å². The molecule has 11 heteroatoms. The topological polar surface area (TPSA) is 105 Å². The first-order valence-electron chi connectivity index (χ1n) is 10.9. The highest BCUT2D eigenvalue weighted by Gasteiger charge is 2.51. The van der Waals surface area contributed by atoms with E-state index in [0.717, 1.165) is 25.0 Å². The summed E-state index contributed by atoms with van der Waals surface area (Å²) in [5.74, 6) is -1.16. The predicted molar refractivity (Wildman–Crippen MR) is 118 cm³/mol. The number of hydrogen-bond donors (Lipinski definition) is 3. The highest BCUT2D eigenvalue weighted by atomic mass is 19.4. The average molecular weight is 483 g/mol. The summed E-state index contributed by atoms with van der Waals surface area (Å²) in [5.41, 5.74) is -0.814. The molecule has 0 bridgehead atoms. The summed E-state index contributed by atoms with van der Waals surface area (Å²) in [5, 5.41) is 11.9. The molecule has 1 aromatic heterocycles. The summed E-state index contributed by atoms with van der Waals surface area (Å²) in [6.07, 6.45) is -1.14. The lowest BCUT2D eigenvalue weighted by molar-refractivity contribution is -0.137. The van der Waals surface area contributed by atoms with Crippen LogP contribution in [-0.2, 0) is 16.5 Å². The Morgan fingerprint density at radius 3 is 2.43 bits per heavy atom. The maximum Gasteiger partial charge on any atom is 0.416 e. The molecule has 2 aromatic carbocycles. The summed E-state index contributed by atoms with van der Waals surface area (Å²) >= 11 is 0. The zero-order chi connectivity index (χ0) is 24.8. The molecule has 0 radical (unpaired) electrons. The Morgan fingerprint density at radius 2 is 1.80 bits per heavy atom. The molecule has 1 saturated carbocycles. The molecule has 4 amide bonds. The van der Waals surface area contributed by atoms with E-state index >= 15 is 0 Å². The standard InChI is InChI=1S/C24H20F3N5O3/c25-24(26,27)15-7-5-14(6-8-15)17-3-1-2-4-18(17)20(33)28-13-23(21(34)30-22(35)31-23)19-11-12-29-32(19)16-9-10-16/h1-8,11-12,16H,9-10,13H2,(H,28,33)(H2,30,31,34,35)/t23-/m1/s1. The summed E-state index contributed by atoms with van der Waals surface area (Å²) in [6, 6.07) is 12.0. The van der Waals surface area contributed by atoms with Crippen molar-refractivity contribution in [2.75, 3.05) is 6.54 Å². The van der Waals surface area contributed by atoms with Crippen molar-refractivity contribution in [2.45, 2.75) is 30.6 Å². The average Bonchev–Trinajstić information content (AvgIpc) is 3.48. The zero-order valence-electron chi connectivity index (χ0n) is 18.2. The number of nitrogens with zero attached hydrogens (tertiary/aromatic N) is 2. The van der Waals surface area contributed by atoms with Crippen molar-refractivity contribution < 1.29 is 27.6 Å². The second kappa shape index (κ2) is 8.26. The van der Waals surface area contributed by atoms with Crippen LogP contribution in [0.1, 0.15) is 40.5 Å². The molecule has 3 aromatic rings. The summed E-state index contributed by atoms with van der Waals surface area (Å²) in [4.78, 5) is 38.1. The first-order valence-corrected chi connectivity index (χ1v) is 10.9. The Kier molecular flexibility index (Phi) is 5.34. The largest absolute Gasteiger partial charge is 0.416 e. The van der Waals surface area contributed by atoms with Crippen LogP contribution in [0.15, 0.2) is 60.8 Å². The molecule has 3 N–H and O–H groups in total. The number of amides is 4. The maximum atomic E-state index is 13.2. The molecule has 1 aliphatic heterocycles. The number of rotatable bonds is 6. The van der Waals surface area contributed by atoms with E-state index in [1.165, 1.54) is 24.4 Å². The van der Waals surface area contributed by atoms with Gasteiger partial charge >= 0.3 is 12.2 Å². The SMILES string of the molecule is O=C1NC(=O)[C@@](CNC(=O)c2ccccc2-c2ccc(C(F)(F)F)cc2)(c2ccnn2C2CC2)N1. The van der Waals surface area contributed by atoms with Crippen LogP contribution >= 0.6 is 0 Å². The molecule has 0 unspecified atom stereocenters. The Morgan fingerprint density at radius 1 is 1.09 bits per heavy atom. The lowest BCUT2D eigenvalue weighted by atomic mass is 9.94. The molecule has 5 rings (SSSR count). The van der Waals surface area contributed by atoms with Crippen LogP contribution in [0, 0.1) is 0 Å². The van der Waals surface area contributed by atoms with E-state index in [9.17, 15) is 27.6 Å². The van der Waals surface area contributed by atoms with E-state index in [0.29, 0.717) is 16.8 Å². The number of urea groups is 1. The molecule has 2 heterocycles. The quantitative estimate of drug-likeness (QED) is 0.468. The number of carbonyl (C=O) groups is 3. The van der Waals surface area contributed by atoms with Gasteiger partial charge in [-0.1, -0.05) is 30.3 Å². The van der Waals surface area contributed by atoms with Gasteiger partial charge in [0.1, 0.15) is 0 Å². The van der Waals surface area contributed by atoms with Gasteiger partial charge in [-0.15, -0.1) is 0 Å². The number of nitrogens with one attached hydrogen (secondary N) is 3. The Labute approximate surface area is 197 Å². The summed E-state index contributed by atoms with van der Waals surface area (Å²) in [6.45, 7) is -0.247. The van der Waals surface area contributed by atoms with Crippen molar-refractivity contribution in [1.82, 2.24) is 25.7 Å². The van der Waals surface area contributed by atoms with Gasteiger partial charge in [-0.05, 0) is 48.2 Å². The molecule has 180 valence electrons. The minimum Gasteiger partial charge on any atom is -0.349 e. The molecule has 0 spiro atoms. The van der Waals surface area contributed by atoms with E-state index in [4.69, 9.17) is 0 Å². The van der Waals surface area contributed by atoms with Crippen LogP contribution in [-0.4, -0.2) is 34.2 Å². The summed E-state index contributed by atoms with van der Waals surface area (Å²) in [7, 11) is 0. The van der Waals surface area contributed by atoms with Gasteiger partial charge in [-0.3, -0.25) is 19.6 Å². The second-order valence-corrected chi connectivity index (χ2v) is 8.51. The molecular weight excluding hydrogens is 463 g/mol. The van der Waals surface area contributed by atoms with Crippen LogP contribution in [0.4, 0.5) is 18.0 Å². The van der Waals surface area contributed by atoms with Gasteiger partial charge in [0.15, 0.2) is 5.54 Å². The highest BCUT2D eigenvalue weighted by Crippen LogP contribution is 2.38. The highest BCUT2D eigenvalue weighted by molar-refractivity contribution is 6.08. The lowest BCUT2D eigenvalue weighted by Crippen LogP contribution is -2.53. The normalized spacial score (nSPS) is 19.9. The number of alkyl halides is 3. The smallest absolute Gasteiger partial charge is 0.349 e. The van der Waals surface area contributed by atoms with E-state index in [1.807, 2.05) is 0 Å². The fraction of sp³-hybridized carbons (Fsp3) is 0.250. The third kappa shape index (κ3) is 4.13. The number of carbonyl (C=O) groups excluding carboxylic acids is 3. The minimum atomic E-state index is -4.47. The van der Waals surface area contributed by atoms with Crippen molar-refractivity contribution in [1.29, 1.82) is 0 Å². The first kappa shape index (κ1) is 22.6. The van der Waals surface area contributed by atoms with Crippen LogP contribution in [0.3, 0.4) is 0 Å². The maximum absolute atomic E-state index is 13.2. The number of halogens is 3. The molecule has 2 aliphatic rings. The third-order valence-corrected chi connectivity index (χ3v) is 6.15. The fourth-order valence-corrected chi connectivity index (χ4v) is 4.23. The number of hydrogen-bond acceptors (Lipinski definition) is 4. The van der Waals surface area contributed by atoms with Crippen molar-refractivity contribution in [3.63, 3.8) is 0 Å². The molecule has 35 heavy (non-hydrogen) atoms. The van der Waals surface area contributed by atoms with Gasteiger partial charge < -0.3 is 10.6 Å². The molecule has 1 saturated heterocycles. The number of imide groups is 1. The fourth-order valence-electron chi connectivity index (χ4n) is 4.23. The number of aromatic nitrogens is 2. The van der Waals surface area contributed by atoms with Crippen LogP contribution in [0.2, 0.25) is 0 Å². The van der Waals surface area contributed by atoms with Gasteiger partial charge in [0, 0.05) is 11.8 Å². The van der Waals surface area contributed by atoms with Crippen LogP contribution in [0.25, 0.3) is 11.1 Å². The lowest BCUT2D eigenvalue weighted by Gasteiger charge is -2.27. The van der Waals surface area contributed by atoms with Crippen molar-refractivity contribution in [2.24, 2.45) is 0 Å². The van der Waals surface area contributed by atoms with Crippen LogP contribution < -0.4 is 16.0 Å². The van der Waals surface area contributed by atoms with Gasteiger partial charge in [0.25, 0.3) is 11.8 Å². The zero-order valence-corrected chi connectivity index (χ0v) is 18.2. The molecule has 8 nitrogen and oxygen atoms in total. The second-order valence-electron chi connectivity index (χ2n) is 8.51. The Balaban J connectivity index is 1.42. The Hall–Kier alpha value is -4.15. The van der Waals surface area contributed by atoms with Gasteiger partial charge in [-0.2, -0.15) is 18.3 Å². The predicted octanol–water partition coefficient (Wildman–Crippen LogP) is 3.37. The van der Waals surface area contributed by atoms with E-state index in [2.05, 4.69) is 21.0 Å². The Bertz CT molecular complexity index is 1310. The van der Waals surface area contributed by atoms with E-state index in [-0.39, 0.29) is 18.2 Å². The molecule has 1 atom stereocenters. The van der Waals surface area contributed by atoms with Crippen molar-refractivity contribution in [3.8, 4) is 11.1 Å². The third-order valence-electron chi connectivity index (χ3n) is 6.15. The first-order chi connectivity index (χ1) is 16.7. The van der Waals surface area contributed by atoms with Gasteiger partial charge in [0.05, 0.1) is 23.8 Å². The minimum absolute atomic E-state index is 0.123. The summed E-state index contributed by atoms with van der Waals surface area (Å²) < 4.78 is 40.5. The molecule has 2 fully saturated rings. The van der Waals surface area contributed by atoms with E-state index in [1.54, 1.807) is 28.9 Å². The molecule has 1 aliphatic carbocycles. The van der Waals surface area contributed by atoms with Crippen molar-refractivity contribution >= 4 is 17.8 Å². The number of benzene rings is 2.